The van der Waals surface area contributed by atoms with Crippen molar-refractivity contribution < 1.29 is 107 Å². The fourth-order valence-electron chi connectivity index (χ4n) is 0. The van der Waals surface area contributed by atoms with Gasteiger partial charge in [-0.15, -0.1) is 0 Å². The third-order valence-corrected chi connectivity index (χ3v) is 0. The summed E-state index contributed by atoms with van der Waals surface area (Å²) in [5.41, 5.74) is 0. The van der Waals surface area contributed by atoms with E-state index in [0.717, 1.165) is 0 Å². The van der Waals surface area contributed by atoms with Gasteiger partial charge < -0.3 is 17.9 Å². The summed E-state index contributed by atoms with van der Waals surface area (Å²) in [6.07, 6.45) is 0. The fraction of sp³-hybridized carbons (Fsp3) is 0. The van der Waals surface area contributed by atoms with E-state index in [1.165, 1.54) is 0 Å². The zero-order chi connectivity index (χ0) is 0. The van der Waals surface area contributed by atoms with Crippen LogP contribution in [-0.4, -0.2) is 0 Å². The topological polar surface area (TPSA) is 28.5 Å². The number of rotatable bonds is 0. The Bertz CT molecular complexity index is 6.85. The molecule has 0 rings (SSSR count). The molecule has 5 heteroatoms. The molecule has 0 saturated carbocycles. The first-order chi connectivity index (χ1) is 0. The molecule has 0 radical (unpaired) electrons. The molecule has 0 aliphatic heterocycles. The first-order valence-corrected chi connectivity index (χ1v) is 0. The van der Waals surface area contributed by atoms with Crippen LogP contribution in [0, 0.1) is 0 Å². The Labute approximate surface area is 104 Å². The van der Waals surface area contributed by atoms with Crippen molar-refractivity contribution in [1.29, 1.82) is 0 Å². The molecule has 5 heavy (non-hydrogen) atoms. The zero-order valence-electron chi connectivity index (χ0n) is 3.79. The van der Waals surface area contributed by atoms with Gasteiger partial charge in [0.05, 0.1) is 0 Å². The van der Waals surface area contributed by atoms with Crippen LogP contribution in [0.4, 0.5) is 0 Å². The van der Waals surface area contributed by atoms with E-state index in [1.54, 1.807) is 0 Å². The van der Waals surface area contributed by atoms with Crippen molar-refractivity contribution in [3.8, 4) is 0 Å². The summed E-state index contributed by atoms with van der Waals surface area (Å²) < 4.78 is 0. The molecule has 0 aliphatic carbocycles. The molecule has 16 valence electrons. The molecule has 0 aromatic carbocycles. The SMILES string of the molecule is [Cl-].[Na+].[Na+].[Na+].[O-2]. The smallest absolute Gasteiger partial charge is 1.00 e. The molecule has 0 heterocycles. The van der Waals surface area contributed by atoms with Crippen molar-refractivity contribution in [2.24, 2.45) is 0 Å². The second kappa shape index (κ2) is 26.8. The van der Waals surface area contributed by atoms with E-state index in [2.05, 4.69) is 0 Å². The zero-order valence-corrected chi connectivity index (χ0v) is 10.5. The van der Waals surface area contributed by atoms with E-state index in [9.17, 15) is 0 Å². The van der Waals surface area contributed by atoms with Crippen LogP contribution in [0.5, 0.6) is 0 Å². The fourth-order valence-corrected chi connectivity index (χ4v) is 0. The van der Waals surface area contributed by atoms with Crippen LogP contribution in [0.3, 0.4) is 0 Å². The van der Waals surface area contributed by atoms with Gasteiger partial charge in [0, 0.05) is 0 Å². The third kappa shape index (κ3) is 18.9. The molecule has 0 atom stereocenters. The molecule has 1 nitrogen and oxygen atoms in total. The third-order valence-electron chi connectivity index (χ3n) is 0. The number of hydrogen-bond acceptors (Lipinski definition) is 0. The minimum absolute atomic E-state index is 0. The summed E-state index contributed by atoms with van der Waals surface area (Å²) in [6.45, 7) is 0. The average molecular weight is 120 g/mol. The van der Waals surface area contributed by atoms with E-state index in [0.29, 0.717) is 0 Å². The van der Waals surface area contributed by atoms with Crippen LogP contribution in [-0.2, 0) is 5.48 Å². The van der Waals surface area contributed by atoms with Crippen LogP contribution in [0.2, 0.25) is 0 Å². The van der Waals surface area contributed by atoms with Gasteiger partial charge in [-0.25, -0.2) is 0 Å². The van der Waals surface area contributed by atoms with Crippen molar-refractivity contribution in [3.63, 3.8) is 0 Å². The van der Waals surface area contributed by atoms with E-state index < -0.39 is 0 Å². The Kier molecular flexibility index (Phi) is 220. The second-order valence-corrected chi connectivity index (χ2v) is 0. The molecule has 0 N–H and O–H groups in total. The van der Waals surface area contributed by atoms with E-state index in [4.69, 9.17) is 0 Å². The first kappa shape index (κ1) is 41.1. The average Bonchev–Trinajstić information content (AvgIpc) is 0. The van der Waals surface area contributed by atoms with Gasteiger partial charge >= 0.3 is 88.7 Å². The maximum Gasteiger partial charge on any atom is 1.00 e. The van der Waals surface area contributed by atoms with Crippen LogP contribution >= 0.6 is 0 Å². The van der Waals surface area contributed by atoms with Crippen molar-refractivity contribution in [3.05, 3.63) is 0 Å². The molecular weight excluding hydrogens is 120 g/mol. The largest absolute Gasteiger partial charge is 2.00 e. The van der Waals surface area contributed by atoms with E-state index in [1.807, 2.05) is 0 Å². The molecule has 0 spiro atoms. The minimum atomic E-state index is 0. The minimum Gasteiger partial charge on any atom is -2.00 e. The molecule has 0 aromatic rings. The molecule has 0 unspecified atom stereocenters. The summed E-state index contributed by atoms with van der Waals surface area (Å²) in [6, 6.07) is 0. The summed E-state index contributed by atoms with van der Waals surface area (Å²) in [5, 5.41) is 0. The molecule has 0 bridgehead atoms. The summed E-state index contributed by atoms with van der Waals surface area (Å²) >= 11 is 0. The van der Waals surface area contributed by atoms with Crippen molar-refractivity contribution in [2.45, 2.75) is 0 Å². The van der Waals surface area contributed by atoms with E-state index >= 15 is 0 Å². The molecule has 0 fully saturated rings. The van der Waals surface area contributed by atoms with E-state index in [-0.39, 0.29) is 107 Å². The van der Waals surface area contributed by atoms with Crippen LogP contribution in [0.1, 0.15) is 0 Å². The molecule has 0 amide bonds. The van der Waals surface area contributed by atoms with Gasteiger partial charge in [-0.3, -0.25) is 0 Å². The van der Waals surface area contributed by atoms with Gasteiger partial charge in [-0.05, 0) is 0 Å². The van der Waals surface area contributed by atoms with Gasteiger partial charge in [-0.2, -0.15) is 0 Å². The van der Waals surface area contributed by atoms with Gasteiger partial charge in [0.25, 0.3) is 0 Å². The maximum atomic E-state index is 0. The first-order valence-electron chi connectivity index (χ1n) is 0. The monoisotopic (exact) mass is 120 g/mol. The van der Waals surface area contributed by atoms with Crippen LogP contribution in [0.25, 0.3) is 0 Å². The van der Waals surface area contributed by atoms with Crippen LogP contribution in [0.15, 0.2) is 0 Å². The number of halogens is 1. The summed E-state index contributed by atoms with van der Waals surface area (Å²) in [4.78, 5) is 0. The van der Waals surface area contributed by atoms with Crippen molar-refractivity contribution in [1.82, 2.24) is 0 Å². The Morgan fingerprint density at radius 3 is 0.600 bits per heavy atom. The Hall–Kier alpha value is 3.25. The van der Waals surface area contributed by atoms with Crippen LogP contribution < -0.4 is 101 Å². The molecule has 0 aliphatic rings. The van der Waals surface area contributed by atoms with Gasteiger partial charge in [0.15, 0.2) is 0 Å². The predicted molar refractivity (Wildman–Crippen MR) is 0.686 cm³/mol. The quantitative estimate of drug-likeness (QED) is 0.284. The number of hydrogen-bond donors (Lipinski definition) is 0. The van der Waals surface area contributed by atoms with Crippen molar-refractivity contribution >= 4 is 0 Å². The molecule has 0 aromatic heterocycles. The molecular formula is ClNa3O. The Morgan fingerprint density at radius 1 is 0.600 bits per heavy atom. The Morgan fingerprint density at radius 2 is 0.600 bits per heavy atom. The normalized spacial score (nSPS) is 0. The summed E-state index contributed by atoms with van der Waals surface area (Å²) in [7, 11) is 0. The maximum absolute atomic E-state index is 0. The standard InChI is InChI=1S/ClH.3Na.O/h1H;;;;/q;3*+1;-2/p-1. The second-order valence-electron chi connectivity index (χ2n) is 0. The van der Waals surface area contributed by atoms with Gasteiger partial charge in [-0.1, -0.05) is 0 Å². The predicted octanol–water partition coefficient (Wildman–Crippen LogP) is -12.1. The van der Waals surface area contributed by atoms with Gasteiger partial charge in [0.2, 0.25) is 0 Å². The summed E-state index contributed by atoms with van der Waals surface area (Å²) in [5.74, 6) is 0. The van der Waals surface area contributed by atoms with Crippen molar-refractivity contribution in [2.75, 3.05) is 0 Å². The van der Waals surface area contributed by atoms with Gasteiger partial charge in [0.1, 0.15) is 0 Å². The molecule has 0 saturated heterocycles. The Balaban J connectivity index is 0.